The SMILES string of the molecule is CCOC(=O)CC(O)C(O)c1cccc2c1CC=C2. The molecule has 0 aliphatic heterocycles. The maximum Gasteiger partial charge on any atom is 0.308 e. The third kappa shape index (κ3) is 3.03. The zero-order chi connectivity index (χ0) is 13.8. The molecule has 0 amide bonds. The lowest BCUT2D eigenvalue weighted by Gasteiger charge is -2.20. The van der Waals surface area contributed by atoms with E-state index < -0.39 is 18.2 Å². The minimum absolute atomic E-state index is 0.202. The number of aliphatic hydroxyl groups excluding tert-OH is 2. The van der Waals surface area contributed by atoms with E-state index >= 15 is 0 Å². The summed E-state index contributed by atoms with van der Waals surface area (Å²) in [6, 6.07) is 5.59. The Morgan fingerprint density at radius 2 is 2.21 bits per heavy atom. The van der Waals surface area contributed by atoms with E-state index in [9.17, 15) is 15.0 Å². The van der Waals surface area contributed by atoms with Crippen molar-refractivity contribution in [1.82, 2.24) is 0 Å². The fraction of sp³-hybridized carbons (Fsp3) is 0.400. The van der Waals surface area contributed by atoms with Crippen molar-refractivity contribution in [3.8, 4) is 0 Å². The summed E-state index contributed by atoms with van der Waals surface area (Å²) in [6.07, 6.45) is 2.33. The predicted molar refractivity (Wildman–Crippen MR) is 71.4 cm³/mol. The third-order valence-electron chi connectivity index (χ3n) is 3.23. The van der Waals surface area contributed by atoms with E-state index in [0.717, 1.165) is 17.5 Å². The van der Waals surface area contributed by atoms with Crippen LogP contribution in [0, 0.1) is 0 Å². The van der Waals surface area contributed by atoms with Crippen LogP contribution in [0.5, 0.6) is 0 Å². The van der Waals surface area contributed by atoms with Crippen molar-refractivity contribution < 1.29 is 19.7 Å². The molecule has 2 N–H and O–H groups in total. The standard InChI is InChI=1S/C15H18O4/c1-2-19-14(17)9-13(16)15(18)12-8-4-6-10-5-3-7-11(10)12/h3-6,8,13,15-16,18H,2,7,9H2,1H3. The second-order valence-electron chi connectivity index (χ2n) is 4.54. The number of allylic oxidation sites excluding steroid dienone is 1. The third-order valence-corrected chi connectivity index (χ3v) is 3.23. The lowest BCUT2D eigenvalue weighted by atomic mass is 9.94. The Morgan fingerprint density at radius 1 is 1.42 bits per heavy atom. The number of hydrogen-bond acceptors (Lipinski definition) is 4. The Morgan fingerprint density at radius 3 is 2.95 bits per heavy atom. The summed E-state index contributed by atoms with van der Waals surface area (Å²) in [5, 5.41) is 20.1. The number of aliphatic hydroxyl groups is 2. The molecule has 2 atom stereocenters. The van der Waals surface area contributed by atoms with Crippen LogP contribution in [0.3, 0.4) is 0 Å². The molecule has 2 unspecified atom stereocenters. The van der Waals surface area contributed by atoms with Gasteiger partial charge in [-0.1, -0.05) is 30.4 Å². The van der Waals surface area contributed by atoms with Gasteiger partial charge in [0.2, 0.25) is 0 Å². The van der Waals surface area contributed by atoms with Crippen molar-refractivity contribution in [2.24, 2.45) is 0 Å². The van der Waals surface area contributed by atoms with Gasteiger partial charge in [-0.2, -0.15) is 0 Å². The molecule has 102 valence electrons. The van der Waals surface area contributed by atoms with Gasteiger partial charge in [0.1, 0.15) is 6.10 Å². The maximum absolute atomic E-state index is 11.3. The zero-order valence-electron chi connectivity index (χ0n) is 10.9. The molecule has 1 aliphatic rings. The van der Waals surface area contributed by atoms with Gasteiger partial charge in [-0.3, -0.25) is 4.79 Å². The highest BCUT2D eigenvalue weighted by atomic mass is 16.5. The first-order valence-corrected chi connectivity index (χ1v) is 6.43. The number of fused-ring (bicyclic) bond motifs is 1. The molecular formula is C15H18O4. The lowest BCUT2D eigenvalue weighted by molar-refractivity contribution is -0.147. The summed E-state index contributed by atoms with van der Waals surface area (Å²) in [4.78, 5) is 11.3. The molecule has 0 radical (unpaired) electrons. The van der Waals surface area contributed by atoms with Gasteiger partial charge in [-0.15, -0.1) is 0 Å². The Hall–Kier alpha value is -1.65. The minimum Gasteiger partial charge on any atom is -0.466 e. The summed E-state index contributed by atoms with van der Waals surface area (Å²) in [6.45, 7) is 1.97. The molecule has 4 heteroatoms. The van der Waals surface area contributed by atoms with Gasteiger partial charge in [-0.25, -0.2) is 0 Å². The van der Waals surface area contributed by atoms with Gasteiger partial charge in [0.25, 0.3) is 0 Å². The number of benzene rings is 1. The largest absolute Gasteiger partial charge is 0.466 e. The molecule has 1 aromatic rings. The lowest BCUT2D eigenvalue weighted by Crippen LogP contribution is -2.24. The van der Waals surface area contributed by atoms with Gasteiger partial charge in [-0.05, 0) is 30.0 Å². The molecule has 0 heterocycles. The van der Waals surface area contributed by atoms with Gasteiger partial charge in [0.05, 0.1) is 19.1 Å². The fourth-order valence-electron chi connectivity index (χ4n) is 2.31. The second kappa shape index (κ2) is 5.99. The van der Waals surface area contributed by atoms with E-state index in [2.05, 4.69) is 0 Å². The van der Waals surface area contributed by atoms with Crippen LogP contribution in [0.4, 0.5) is 0 Å². The highest BCUT2D eigenvalue weighted by molar-refractivity contribution is 5.70. The molecule has 0 aromatic heterocycles. The van der Waals surface area contributed by atoms with Gasteiger partial charge in [0.15, 0.2) is 0 Å². The van der Waals surface area contributed by atoms with E-state index in [1.54, 1.807) is 13.0 Å². The van der Waals surface area contributed by atoms with Crippen molar-refractivity contribution >= 4 is 12.0 Å². The zero-order valence-corrected chi connectivity index (χ0v) is 10.9. The molecule has 4 nitrogen and oxygen atoms in total. The summed E-state index contributed by atoms with van der Waals surface area (Å²) >= 11 is 0. The molecule has 19 heavy (non-hydrogen) atoms. The van der Waals surface area contributed by atoms with E-state index in [4.69, 9.17) is 4.74 Å². The fourth-order valence-corrected chi connectivity index (χ4v) is 2.31. The van der Waals surface area contributed by atoms with Crippen LogP contribution in [0.15, 0.2) is 24.3 Å². The smallest absolute Gasteiger partial charge is 0.308 e. The first-order chi connectivity index (χ1) is 9.13. The van der Waals surface area contributed by atoms with Crippen LogP contribution < -0.4 is 0 Å². The Balaban J connectivity index is 2.10. The van der Waals surface area contributed by atoms with Crippen LogP contribution in [0.25, 0.3) is 6.08 Å². The summed E-state index contributed by atoms with van der Waals surface area (Å²) in [7, 11) is 0. The van der Waals surface area contributed by atoms with Crippen LogP contribution in [0.2, 0.25) is 0 Å². The molecule has 1 aliphatic carbocycles. The number of rotatable bonds is 5. The second-order valence-corrected chi connectivity index (χ2v) is 4.54. The first kappa shape index (κ1) is 13.8. The molecule has 0 fully saturated rings. The molecule has 0 spiro atoms. The normalized spacial score (nSPS) is 15.9. The highest BCUT2D eigenvalue weighted by Crippen LogP contribution is 2.29. The molecule has 0 bridgehead atoms. The van der Waals surface area contributed by atoms with E-state index in [1.165, 1.54) is 0 Å². The summed E-state index contributed by atoms with van der Waals surface area (Å²) in [5.41, 5.74) is 2.75. The quantitative estimate of drug-likeness (QED) is 0.791. The van der Waals surface area contributed by atoms with E-state index in [0.29, 0.717) is 5.56 Å². The van der Waals surface area contributed by atoms with Gasteiger partial charge < -0.3 is 14.9 Å². The molecule has 1 aromatic carbocycles. The van der Waals surface area contributed by atoms with E-state index in [1.807, 2.05) is 24.3 Å². The van der Waals surface area contributed by atoms with Crippen molar-refractivity contribution in [2.75, 3.05) is 6.61 Å². The Bertz CT molecular complexity index is 493. The first-order valence-electron chi connectivity index (χ1n) is 6.43. The summed E-state index contributed by atoms with van der Waals surface area (Å²) in [5.74, 6) is -0.500. The molecule has 2 rings (SSSR count). The van der Waals surface area contributed by atoms with Crippen LogP contribution in [-0.4, -0.2) is 28.9 Å². The van der Waals surface area contributed by atoms with Crippen molar-refractivity contribution in [1.29, 1.82) is 0 Å². The monoisotopic (exact) mass is 262 g/mol. The minimum atomic E-state index is -1.15. The molecule has 0 saturated carbocycles. The van der Waals surface area contributed by atoms with Crippen molar-refractivity contribution in [3.05, 3.63) is 41.0 Å². The molecular weight excluding hydrogens is 244 g/mol. The predicted octanol–water partition coefficient (Wildman–Crippen LogP) is 1.60. The number of ether oxygens (including phenoxy) is 1. The highest BCUT2D eigenvalue weighted by Gasteiger charge is 2.25. The van der Waals surface area contributed by atoms with Crippen LogP contribution >= 0.6 is 0 Å². The van der Waals surface area contributed by atoms with Crippen molar-refractivity contribution in [3.63, 3.8) is 0 Å². The van der Waals surface area contributed by atoms with Crippen LogP contribution in [0.1, 0.15) is 36.1 Å². The summed E-state index contributed by atoms with van der Waals surface area (Å²) < 4.78 is 4.77. The van der Waals surface area contributed by atoms with E-state index in [-0.39, 0.29) is 13.0 Å². The van der Waals surface area contributed by atoms with Gasteiger partial charge >= 0.3 is 5.97 Å². The number of esters is 1. The maximum atomic E-state index is 11.3. The number of carbonyl (C=O) groups excluding carboxylic acids is 1. The topological polar surface area (TPSA) is 66.8 Å². The average molecular weight is 262 g/mol. The van der Waals surface area contributed by atoms with Crippen LogP contribution in [-0.2, 0) is 16.0 Å². The Kier molecular flexibility index (Phi) is 4.35. The molecule has 0 saturated heterocycles. The average Bonchev–Trinajstić information content (AvgIpc) is 2.86. The number of carbonyl (C=O) groups is 1. The number of hydrogen-bond donors (Lipinski definition) is 2. The van der Waals surface area contributed by atoms with Crippen molar-refractivity contribution in [2.45, 2.75) is 32.0 Å². The van der Waals surface area contributed by atoms with Gasteiger partial charge in [0, 0.05) is 0 Å². The Labute approximate surface area is 112 Å².